The third kappa shape index (κ3) is 4.07. The fourth-order valence-electron chi connectivity index (χ4n) is 2.89. The monoisotopic (exact) mass is 344 g/mol. The van der Waals surface area contributed by atoms with Gasteiger partial charge in [0.15, 0.2) is 0 Å². The molecule has 0 amide bonds. The topological polar surface area (TPSA) is 0 Å². The number of hydrogen-bond acceptors (Lipinski definition) is 1. The number of benzene rings is 2. The molecule has 1 heterocycles. The third-order valence-electron chi connectivity index (χ3n) is 4.29. The minimum atomic E-state index is 0.956. The van der Waals surface area contributed by atoms with Crippen molar-refractivity contribution in [3.05, 3.63) is 47.5 Å². The summed E-state index contributed by atoms with van der Waals surface area (Å²) in [5.74, 6) is 13.6. The second-order valence-electron chi connectivity index (χ2n) is 6.27. The zero-order chi connectivity index (χ0) is 17.5. The van der Waals surface area contributed by atoms with Gasteiger partial charge in [0.1, 0.15) is 0 Å². The second-order valence-corrected chi connectivity index (χ2v) is 7.35. The molecule has 25 heavy (non-hydrogen) atoms. The lowest BCUT2D eigenvalue weighted by molar-refractivity contribution is 0.828. The Morgan fingerprint density at radius 2 is 1.52 bits per heavy atom. The number of fused-ring (bicyclic) bond motifs is 3. The summed E-state index contributed by atoms with van der Waals surface area (Å²) in [7, 11) is 0. The Balaban J connectivity index is 2.14. The van der Waals surface area contributed by atoms with Gasteiger partial charge in [-0.3, -0.25) is 0 Å². The molecule has 0 nitrogen and oxygen atoms in total. The van der Waals surface area contributed by atoms with Crippen LogP contribution in [0.15, 0.2) is 36.4 Å². The van der Waals surface area contributed by atoms with Gasteiger partial charge in [-0.25, -0.2) is 0 Å². The van der Waals surface area contributed by atoms with Crippen LogP contribution in [0.5, 0.6) is 0 Å². The van der Waals surface area contributed by atoms with E-state index in [9.17, 15) is 0 Å². The molecule has 0 aliphatic heterocycles. The maximum Gasteiger partial charge on any atom is 0.0495 e. The van der Waals surface area contributed by atoms with Crippen LogP contribution in [0.25, 0.3) is 20.2 Å². The van der Waals surface area contributed by atoms with Gasteiger partial charge in [0.25, 0.3) is 0 Å². The van der Waals surface area contributed by atoms with Gasteiger partial charge in [0.05, 0.1) is 0 Å². The summed E-state index contributed by atoms with van der Waals surface area (Å²) < 4.78 is 2.63. The Bertz CT molecular complexity index is 983. The lowest BCUT2D eigenvalue weighted by Crippen LogP contribution is -1.86. The zero-order valence-corrected chi connectivity index (χ0v) is 15.9. The van der Waals surface area contributed by atoms with Crippen LogP contribution in [0.4, 0.5) is 0 Å². The SMILES string of the molecule is CCCCC#Cc1ccc2sc3ccccc3c2c1C#CCCCC. The number of rotatable bonds is 4. The van der Waals surface area contributed by atoms with Gasteiger partial charge in [0, 0.05) is 44.1 Å². The molecule has 0 fully saturated rings. The largest absolute Gasteiger partial charge is 0.135 e. The van der Waals surface area contributed by atoms with E-state index in [4.69, 9.17) is 0 Å². The minimum Gasteiger partial charge on any atom is -0.135 e. The maximum atomic E-state index is 3.46. The van der Waals surface area contributed by atoms with Gasteiger partial charge in [-0.05, 0) is 31.0 Å². The van der Waals surface area contributed by atoms with E-state index in [-0.39, 0.29) is 0 Å². The first-order valence-corrected chi connectivity index (χ1v) is 10.1. The molecular weight excluding hydrogens is 320 g/mol. The molecule has 3 rings (SSSR count). The minimum absolute atomic E-state index is 0.956. The van der Waals surface area contributed by atoms with Crippen LogP contribution >= 0.6 is 11.3 Å². The first kappa shape index (κ1) is 17.6. The first-order valence-electron chi connectivity index (χ1n) is 9.27. The van der Waals surface area contributed by atoms with Crippen molar-refractivity contribution in [2.24, 2.45) is 0 Å². The molecule has 2 aromatic carbocycles. The highest BCUT2D eigenvalue weighted by Crippen LogP contribution is 2.36. The van der Waals surface area contributed by atoms with Crippen LogP contribution in [0.1, 0.15) is 63.5 Å². The molecule has 0 unspecified atom stereocenters. The Hall–Kier alpha value is -2.22. The molecule has 0 atom stereocenters. The normalized spacial score (nSPS) is 10.3. The van der Waals surface area contributed by atoms with E-state index < -0.39 is 0 Å². The lowest BCUT2D eigenvalue weighted by atomic mass is 10.0. The van der Waals surface area contributed by atoms with Gasteiger partial charge >= 0.3 is 0 Å². The van der Waals surface area contributed by atoms with Crippen molar-refractivity contribution in [3.8, 4) is 23.7 Å². The summed E-state index contributed by atoms with van der Waals surface area (Å²) in [6.45, 7) is 4.41. The zero-order valence-electron chi connectivity index (χ0n) is 15.1. The van der Waals surface area contributed by atoms with Gasteiger partial charge in [0.2, 0.25) is 0 Å². The van der Waals surface area contributed by atoms with E-state index in [0.29, 0.717) is 0 Å². The van der Waals surface area contributed by atoms with Crippen LogP contribution in [0, 0.1) is 23.7 Å². The predicted octanol–water partition coefficient (Wildman–Crippen LogP) is 7.14. The molecule has 0 aliphatic rings. The van der Waals surface area contributed by atoms with Crippen molar-refractivity contribution in [1.29, 1.82) is 0 Å². The molecule has 0 spiro atoms. The number of unbranched alkanes of at least 4 members (excludes halogenated alkanes) is 4. The molecule has 0 N–H and O–H groups in total. The number of thiophene rings is 1. The Kier molecular flexibility index (Phi) is 6.16. The fourth-order valence-corrected chi connectivity index (χ4v) is 4.00. The van der Waals surface area contributed by atoms with Crippen LogP contribution in [-0.4, -0.2) is 0 Å². The Morgan fingerprint density at radius 1 is 0.800 bits per heavy atom. The predicted molar refractivity (Wildman–Crippen MR) is 112 cm³/mol. The smallest absolute Gasteiger partial charge is 0.0495 e. The number of hydrogen-bond donors (Lipinski definition) is 0. The summed E-state index contributed by atoms with van der Waals surface area (Å²) in [4.78, 5) is 0. The maximum absolute atomic E-state index is 3.46. The van der Waals surface area contributed by atoms with Crippen molar-refractivity contribution in [1.82, 2.24) is 0 Å². The molecule has 1 heteroatoms. The van der Waals surface area contributed by atoms with Gasteiger partial charge in [-0.2, -0.15) is 0 Å². The molecule has 1 aromatic heterocycles. The standard InChI is InChI=1S/C24H24S/c1-3-5-7-9-13-19-17-18-23-24(20(19)14-10-8-6-4-2)21-15-11-12-16-22(21)25-23/h11-12,15-18H,3-8H2,1-2H3. The van der Waals surface area contributed by atoms with Gasteiger partial charge < -0.3 is 0 Å². The molecule has 0 radical (unpaired) electrons. The molecule has 0 saturated carbocycles. The van der Waals surface area contributed by atoms with Crippen LogP contribution in [0.2, 0.25) is 0 Å². The van der Waals surface area contributed by atoms with E-state index >= 15 is 0 Å². The van der Waals surface area contributed by atoms with Crippen molar-refractivity contribution < 1.29 is 0 Å². The summed E-state index contributed by atoms with van der Waals surface area (Å²) >= 11 is 1.84. The molecule has 0 bridgehead atoms. The lowest BCUT2D eigenvalue weighted by Gasteiger charge is -2.01. The van der Waals surface area contributed by atoms with E-state index in [0.717, 1.165) is 36.8 Å². The van der Waals surface area contributed by atoms with Crippen molar-refractivity contribution >= 4 is 31.5 Å². The third-order valence-corrected chi connectivity index (χ3v) is 5.43. The van der Waals surface area contributed by atoms with Gasteiger partial charge in [-0.15, -0.1) is 11.3 Å². The molecule has 126 valence electrons. The fraction of sp³-hybridized carbons (Fsp3) is 0.333. The van der Waals surface area contributed by atoms with Crippen LogP contribution in [0.3, 0.4) is 0 Å². The Labute approximate surface area is 155 Å². The highest BCUT2D eigenvalue weighted by atomic mass is 32.1. The molecule has 0 saturated heterocycles. The van der Waals surface area contributed by atoms with E-state index in [2.05, 4.69) is 73.9 Å². The van der Waals surface area contributed by atoms with Crippen molar-refractivity contribution in [3.63, 3.8) is 0 Å². The van der Waals surface area contributed by atoms with Gasteiger partial charge in [-0.1, -0.05) is 68.6 Å². The summed E-state index contributed by atoms with van der Waals surface area (Å²) in [5, 5.41) is 2.59. The average Bonchev–Trinajstić information content (AvgIpc) is 3.02. The summed E-state index contributed by atoms with van der Waals surface area (Å²) in [6.07, 6.45) is 6.61. The summed E-state index contributed by atoms with van der Waals surface area (Å²) in [6, 6.07) is 13.0. The highest BCUT2D eigenvalue weighted by molar-refractivity contribution is 7.25. The van der Waals surface area contributed by atoms with Crippen LogP contribution in [-0.2, 0) is 0 Å². The Morgan fingerprint density at radius 3 is 2.28 bits per heavy atom. The van der Waals surface area contributed by atoms with E-state index in [1.54, 1.807) is 0 Å². The molecular formula is C24H24S. The van der Waals surface area contributed by atoms with E-state index in [1.165, 1.54) is 33.0 Å². The first-order chi connectivity index (χ1) is 12.3. The van der Waals surface area contributed by atoms with Crippen LogP contribution < -0.4 is 0 Å². The average molecular weight is 345 g/mol. The molecule has 0 aliphatic carbocycles. The van der Waals surface area contributed by atoms with Crippen molar-refractivity contribution in [2.45, 2.75) is 52.4 Å². The highest BCUT2D eigenvalue weighted by Gasteiger charge is 2.11. The van der Waals surface area contributed by atoms with Crippen molar-refractivity contribution in [2.75, 3.05) is 0 Å². The quantitative estimate of drug-likeness (QED) is 0.348. The summed E-state index contributed by atoms with van der Waals surface area (Å²) in [5.41, 5.74) is 2.20. The molecule has 3 aromatic rings. The second kappa shape index (κ2) is 8.75. The van der Waals surface area contributed by atoms with E-state index in [1.807, 2.05) is 11.3 Å².